The molecule has 0 saturated heterocycles. The number of anilines is 1. The van der Waals surface area contributed by atoms with Gasteiger partial charge in [0.25, 0.3) is 10.0 Å². The minimum atomic E-state index is -3.79. The minimum absolute atomic E-state index is 0.0709. The van der Waals surface area contributed by atoms with Crippen LogP contribution in [0.4, 0.5) is 5.69 Å². The van der Waals surface area contributed by atoms with Crippen LogP contribution in [0.15, 0.2) is 41.3 Å². The van der Waals surface area contributed by atoms with Crippen LogP contribution in [0.1, 0.15) is 22.3 Å². The summed E-state index contributed by atoms with van der Waals surface area (Å²) < 4.78 is 28.2. The van der Waals surface area contributed by atoms with E-state index in [0.717, 1.165) is 11.1 Å². The Hall–Kier alpha value is -2.34. The van der Waals surface area contributed by atoms with Crippen molar-refractivity contribution in [2.45, 2.75) is 32.1 Å². The van der Waals surface area contributed by atoms with Gasteiger partial charge in [0.15, 0.2) is 0 Å². The van der Waals surface area contributed by atoms with Crippen molar-refractivity contribution in [3.63, 3.8) is 0 Å². The molecule has 2 N–H and O–H groups in total. The maximum absolute atomic E-state index is 13.4. The van der Waals surface area contributed by atoms with Crippen molar-refractivity contribution < 1.29 is 13.2 Å². The Morgan fingerprint density at radius 3 is 2.32 bits per heavy atom. The van der Waals surface area contributed by atoms with Gasteiger partial charge >= 0.3 is 0 Å². The molecule has 2 aromatic rings. The number of hydrogen-bond donors (Lipinski definition) is 1. The maximum atomic E-state index is 13.4. The molecule has 1 heterocycles. The molecule has 3 rings (SSSR count). The van der Waals surface area contributed by atoms with Crippen molar-refractivity contribution in [1.82, 2.24) is 0 Å². The number of para-hydroxylation sites is 1. The number of benzene rings is 2. The van der Waals surface area contributed by atoms with Crippen molar-refractivity contribution in [3.8, 4) is 0 Å². The number of hydrogen-bond acceptors (Lipinski definition) is 3. The molecule has 132 valence electrons. The van der Waals surface area contributed by atoms with E-state index in [1.807, 2.05) is 31.2 Å². The molecule has 1 atom stereocenters. The van der Waals surface area contributed by atoms with Crippen LogP contribution >= 0.6 is 0 Å². The molecular formula is C19H22N2O3S. The molecule has 0 radical (unpaired) electrons. The Kier molecular flexibility index (Phi) is 4.33. The molecular weight excluding hydrogens is 336 g/mol. The summed E-state index contributed by atoms with van der Waals surface area (Å²) in [7, 11) is -3.79. The molecule has 25 heavy (non-hydrogen) atoms. The second-order valence-corrected chi connectivity index (χ2v) is 8.50. The normalized spacial score (nSPS) is 17.2. The molecule has 5 nitrogen and oxygen atoms in total. The number of amides is 1. The van der Waals surface area contributed by atoms with E-state index in [1.54, 1.807) is 26.0 Å². The van der Waals surface area contributed by atoms with E-state index in [4.69, 9.17) is 5.73 Å². The molecule has 1 aliphatic rings. The van der Waals surface area contributed by atoms with Gasteiger partial charge in [0.2, 0.25) is 5.91 Å². The number of carbonyl (C=O) groups is 1. The molecule has 0 aliphatic carbocycles. The van der Waals surface area contributed by atoms with Gasteiger partial charge in [0.1, 0.15) is 0 Å². The zero-order chi connectivity index (χ0) is 18.4. The Balaban J connectivity index is 2.19. The van der Waals surface area contributed by atoms with E-state index in [-0.39, 0.29) is 6.54 Å². The van der Waals surface area contributed by atoms with Crippen molar-refractivity contribution >= 4 is 21.6 Å². The van der Waals surface area contributed by atoms with E-state index in [0.29, 0.717) is 28.1 Å². The predicted molar refractivity (Wildman–Crippen MR) is 98.0 cm³/mol. The number of carbonyl (C=O) groups excluding carboxylic acids is 1. The van der Waals surface area contributed by atoms with Crippen molar-refractivity contribution in [2.24, 2.45) is 11.7 Å². The van der Waals surface area contributed by atoms with Gasteiger partial charge in [0, 0.05) is 6.54 Å². The maximum Gasteiger partial charge on any atom is 0.264 e. The average Bonchev–Trinajstić information content (AvgIpc) is 2.52. The van der Waals surface area contributed by atoms with E-state index in [9.17, 15) is 13.2 Å². The summed E-state index contributed by atoms with van der Waals surface area (Å²) >= 11 is 0. The summed E-state index contributed by atoms with van der Waals surface area (Å²) in [6.45, 7) is 5.61. The summed E-state index contributed by atoms with van der Waals surface area (Å²) in [6, 6.07) is 11.0. The highest BCUT2D eigenvalue weighted by Gasteiger charge is 2.36. The van der Waals surface area contributed by atoms with Crippen molar-refractivity contribution in [1.29, 1.82) is 0 Å². The summed E-state index contributed by atoms with van der Waals surface area (Å²) in [4.78, 5) is 12.1. The van der Waals surface area contributed by atoms with Gasteiger partial charge in [-0.15, -0.1) is 0 Å². The molecule has 0 saturated carbocycles. The van der Waals surface area contributed by atoms with Crippen LogP contribution in [-0.2, 0) is 21.2 Å². The van der Waals surface area contributed by atoms with Gasteiger partial charge in [-0.1, -0.05) is 35.9 Å². The lowest BCUT2D eigenvalue weighted by atomic mass is 9.93. The topological polar surface area (TPSA) is 80.5 Å². The first-order valence-electron chi connectivity index (χ1n) is 8.19. The molecule has 1 amide bonds. The molecule has 0 spiro atoms. The molecule has 6 heteroatoms. The second kappa shape index (κ2) is 6.19. The van der Waals surface area contributed by atoms with E-state index in [2.05, 4.69) is 0 Å². The molecule has 0 fully saturated rings. The van der Waals surface area contributed by atoms with Gasteiger partial charge in [0.05, 0.1) is 16.5 Å². The fourth-order valence-electron chi connectivity index (χ4n) is 3.66. The standard InChI is InChI=1S/C19H22N2O3S/c1-12-8-13(2)18(14(3)9-12)25(23,24)21-11-16(19(20)22)10-15-6-4-5-7-17(15)21/h4-9,16H,10-11H2,1-3H3,(H2,20,22). The Labute approximate surface area is 148 Å². The molecule has 1 unspecified atom stereocenters. The van der Waals surface area contributed by atoms with Gasteiger partial charge in [-0.3, -0.25) is 9.10 Å². The largest absolute Gasteiger partial charge is 0.369 e. The number of rotatable bonds is 3. The van der Waals surface area contributed by atoms with Gasteiger partial charge in [-0.25, -0.2) is 8.42 Å². The zero-order valence-corrected chi connectivity index (χ0v) is 15.4. The SMILES string of the molecule is Cc1cc(C)c(S(=O)(=O)N2CC(C(N)=O)Cc3ccccc32)c(C)c1. The highest BCUT2D eigenvalue weighted by atomic mass is 32.2. The monoisotopic (exact) mass is 358 g/mol. The van der Waals surface area contributed by atoms with E-state index < -0.39 is 21.8 Å². The summed E-state index contributed by atoms with van der Waals surface area (Å²) in [5, 5.41) is 0. The number of aryl methyl sites for hydroxylation is 3. The number of primary amides is 1. The van der Waals surface area contributed by atoms with Crippen LogP contribution < -0.4 is 10.0 Å². The zero-order valence-electron chi connectivity index (χ0n) is 14.6. The number of sulfonamides is 1. The quantitative estimate of drug-likeness (QED) is 0.915. The van der Waals surface area contributed by atoms with Crippen LogP contribution in [0, 0.1) is 26.7 Å². The van der Waals surface area contributed by atoms with Crippen LogP contribution in [-0.4, -0.2) is 20.9 Å². The molecule has 1 aliphatic heterocycles. The highest BCUT2D eigenvalue weighted by Crippen LogP contribution is 2.35. The summed E-state index contributed by atoms with van der Waals surface area (Å²) in [5.41, 5.74) is 9.36. The van der Waals surface area contributed by atoms with Crippen LogP contribution in [0.2, 0.25) is 0 Å². The number of fused-ring (bicyclic) bond motifs is 1. The van der Waals surface area contributed by atoms with E-state index in [1.165, 1.54) is 4.31 Å². The third-order valence-corrected chi connectivity index (χ3v) is 6.75. The van der Waals surface area contributed by atoms with Gasteiger partial charge < -0.3 is 5.73 Å². The number of nitrogens with zero attached hydrogens (tertiary/aromatic N) is 1. The molecule has 0 bridgehead atoms. The summed E-state index contributed by atoms with van der Waals surface area (Å²) in [6.07, 6.45) is 0.462. The average molecular weight is 358 g/mol. The lowest BCUT2D eigenvalue weighted by molar-refractivity contribution is -0.121. The fraction of sp³-hybridized carbons (Fsp3) is 0.316. The second-order valence-electron chi connectivity index (χ2n) is 6.70. The Morgan fingerprint density at radius 1 is 1.12 bits per heavy atom. The fourth-order valence-corrected chi connectivity index (χ4v) is 5.62. The third-order valence-electron chi connectivity index (χ3n) is 4.67. The van der Waals surface area contributed by atoms with Crippen LogP contribution in [0.5, 0.6) is 0 Å². The van der Waals surface area contributed by atoms with Crippen molar-refractivity contribution in [3.05, 3.63) is 58.7 Å². The lowest BCUT2D eigenvalue weighted by Crippen LogP contribution is -2.44. The number of nitrogens with two attached hydrogens (primary N) is 1. The van der Waals surface area contributed by atoms with E-state index >= 15 is 0 Å². The predicted octanol–water partition coefficient (Wildman–Crippen LogP) is 2.46. The van der Waals surface area contributed by atoms with Gasteiger partial charge in [-0.2, -0.15) is 0 Å². The smallest absolute Gasteiger partial charge is 0.264 e. The minimum Gasteiger partial charge on any atom is -0.369 e. The Bertz CT molecular complexity index is 928. The van der Waals surface area contributed by atoms with Crippen molar-refractivity contribution in [2.75, 3.05) is 10.8 Å². The first-order valence-corrected chi connectivity index (χ1v) is 9.63. The molecule has 0 aromatic heterocycles. The highest BCUT2D eigenvalue weighted by molar-refractivity contribution is 7.93. The third kappa shape index (κ3) is 3.02. The first-order chi connectivity index (χ1) is 11.7. The van der Waals surface area contributed by atoms with Crippen LogP contribution in [0.3, 0.4) is 0 Å². The Morgan fingerprint density at radius 2 is 1.72 bits per heavy atom. The lowest BCUT2D eigenvalue weighted by Gasteiger charge is -2.34. The van der Waals surface area contributed by atoms with Gasteiger partial charge in [-0.05, 0) is 49.9 Å². The van der Waals surface area contributed by atoms with Crippen LogP contribution in [0.25, 0.3) is 0 Å². The first kappa shape index (κ1) is 17.5. The summed E-state index contributed by atoms with van der Waals surface area (Å²) in [5.74, 6) is -1.01. The molecule has 2 aromatic carbocycles.